The molecule has 2 fully saturated rings. The van der Waals surface area contributed by atoms with Crippen molar-refractivity contribution in [2.75, 3.05) is 36.4 Å². The first-order chi connectivity index (χ1) is 15.4. The lowest BCUT2D eigenvalue weighted by atomic mass is 9.99. The van der Waals surface area contributed by atoms with Gasteiger partial charge in [-0.15, -0.1) is 0 Å². The lowest BCUT2D eigenvalue weighted by molar-refractivity contribution is 0.0697. The van der Waals surface area contributed by atoms with Gasteiger partial charge in [-0.1, -0.05) is 6.92 Å². The summed E-state index contributed by atoms with van der Waals surface area (Å²) < 4.78 is 14.1. The Bertz CT molecular complexity index is 920. The van der Waals surface area contributed by atoms with E-state index in [0.717, 1.165) is 50.3 Å². The van der Waals surface area contributed by atoms with Crippen LogP contribution in [0.5, 0.6) is 0 Å². The van der Waals surface area contributed by atoms with E-state index in [-0.39, 0.29) is 23.9 Å². The van der Waals surface area contributed by atoms with Gasteiger partial charge in [-0.25, -0.2) is 9.37 Å². The summed E-state index contributed by atoms with van der Waals surface area (Å²) in [5.41, 5.74) is 2.42. The lowest BCUT2D eigenvalue weighted by Gasteiger charge is -2.34. The number of piperidine rings is 2. The molecule has 2 N–H and O–H groups in total. The van der Waals surface area contributed by atoms with Gasteiger partial charge in [0.2, 0.25) is 0 Å². The van der Waals surface area contributed by atoms with E-state index in [9.17, 15) is 14.3 Å². The first kappa shape index (κ1) is 22.5. The van der Waals surface area contributed by atoms with Crippen molar-refractivity contribution in [1.29, 1.82) is 0 Å². The van der Waals surface area contributed by atoms with Gasteiger partial charge in [0.25, 0.3) is 5.91 Å². The van der Waals surface area contributed by atoms with Crippen molar-refractivity contribution in [3.8, 4) is 0 Å². The molecule has 0 aliphatic carbocycles. The molecule has 1 unspecified atom stereocenters. The number of pyridine rings is 1. The SMILES string of the molecule is CC1CCN(C(=O)c2ccc(NC(C)c3cc(F)ccc3N3CCC(O)CC3)nc2)CC1. The van der Waals surface area contributed by atoms with Crippen LogP contribution in [0.25, 0.3) is 0 Å². The number of rotatable bonds is 5. The molecule has 4 rings (SSSR count). The second-order valence-corrected chi connectivity index (χ2v) is 9.19. The topological polar surface area (TPSA) is 68.7 Å². The van der Waals surface area contributed by atoms with Gasteiger partial charge in [0.05, 0.1) is 17.7 Å². The summed E-state index contributed by atoms with van der Waals surface area (Å²) in [5, 5.41) is 13.2. The van der Waals surface area contributed by atoms with Crippen LogP contribution in [0.1, 0.15) is 61.5 Å². The predicted molar refractivity (Wildman–Crippen MR) is 124 cm³/mol. The summed E-state index contributed by atoms with van der Waals surface area (Å²) in [4.78, 5) is 21.3. The average Bonchev–Trinajstić information content (AvgIpc) is 2.80. The maximum Gasteiger partial charge on any atom is 0.255 e. The number of aliphatic hydroxyl groups is 1. The number of halogens is 1. The molecule has 0 radical (unpaired) electrons. The van der Waals surface area contributed by atoms with E-state index in [0.29, 0.717) is 30.1 Å². The van der Waals surface area contributed by atoms with Gasteiger partial charge >= 0.3 is 0 Å². The van der Waals surface area contributed by atoms with Crippen molar-refractivity contribution >= 4 is 17.4 Å². The largest absolute Gasteiger partial charge is 0.393 e. The third-order valence-electron chi connectivity index (χ3n) is 6.71. The van der Waals surface area contributed by atoms with Crippen LogP contribution in [0, 0.1) is 11.7 Å². The molecule has 1 atom stereocenters. The molecule has 1 amide bonds. The van der Waals surface area contributed by atoms with E-state index in [2.05, 4.69) is 22.1 Å². The van der Waals surface area contributed by atoms with Gasteiger partial charge in [0, 0.05) is 43.6 Å². The van der Waals surface area contributed by atoms with Crippen LogP contribution in [-0.2, 0) is 0 Å². The Labute approximate surface area is 189 Å². The third-order valence-corrected chi connectivity index (χ3v) is 6.71. The molecule has 0 bridgehead atoms. The maximum atomic E-state index is 14.1. The zero-order chi connectivity index (χ0) is 22.7. The normalized spacial score (nSPS) is 19.1. The number of anilines is 2. The van der Waals surface area contributed by atoms with Crippen molar-refractivity contribution in [2.45, 2.75) is 51.7 Å². The molecule has 1 aromatic heterocycles. The molecule has 6 nitrogen and oxygen atoms in total. The first-order valence-corrected chi connectivity index (χ1v) is 11.6. The van der Waals surface area contributed by atoms with Gasteiger partial charge in [-0.3, -0.25) is 4.79 Å². The number of amides is 1. The van der Waals surface area contributed by atoms with Crippen molar-refractivity contribution in [3.05, 3.63) is 53.5 Å². The van der Waals surface area contributed by atoms with E-state index in [4.69, 9.17) is 0 Å². The van der Waals surface area contributed by atoms with E-state index in [1.165, 1.54) is 6.07 Å². The number of carbonyl (C=O) groups excluding carboxylic acids is 1. The predicted octanol–water partition coefficient (Wildman–Crippen LogP) is 4.23. The summed E-state index contributed by atoms with van der Waals surface area (Å²) in [6, 6.07) is 8.30. The number of hydrogen-bond donors (Lipinski definition) is 2. The van der Waals surface area contributed by atoms with Crippen molar-refractivity contribution in [3.63, 3.8) is 0 Å². The molecule has 3 heterocycles. The van der Waals surface area contributed by atoms with Crippen molar-refractivity contribution in [2.24, 2.45) is 5.92 Å². The van der Waals surface area contributed by atoms with Gasteiger partial charge in [-0.05, 0) is 68.9 Å². The Morgan fingerprint density at radius 3 is 2.50 bits per heavy atom. The number of nitrogens with one attached hydrogen (secondary N) is 1. The minimum absolute atomic E-state index is 0.0312. The van der Waals surface area contributed by atoms with E-state index in [1.807, 2.05) is 24.0 Å². The Morgan fingerprint density at radius 2 is 1.84 bits per heavy atom. The quantitative estimate of drug-likeness (QED) is 0.728. The number of carbonyl (C=O) groups is 1. The monoisotopic (exact) mass is 440 g/mol. The van der Waals surface area contributed by atoms with Crippen LogP contribution in [-0.4, -0.2) is 53.2 Å². The number of likely N-dealkylation sites (tertiary alicyclic amines) is 1. The highest BCUT2D eigenvalue weighted by Gasteiger charge is 2.23. The number of benzene rings is 1. The second-order valence-electron chi connectivity index (χ2n) is 9.19. The van der Waals surface area contributed by atoms with Gasteiger partial charge in [0.1, 0.15) is 11.6 Å². The highest BCUT2D eigenvalue weighted by atomic mass is 19.1. The zero-order valence-corrected chi connectivity index (χ0v) is 18.9. The fraction of sp³-hybridized carbons (Fsp3) is 0.520. The summed E-state index contributed by atoms with van der Waals surface area (Å²) in [5.74, 6) is 1.07. The lowest BCUT2D eigenvalue weighted by Crippen LogP contribution is -2.37. The third kappa shape index (κ3) is 5.21. The molecule has 7 heteroatoms. The number of nitrogens with zero attached hydrogens (tertiary/aromatic N) is 3. The second kappa shape index (κ2) is 9.86. The van der Waals surface area contributed by atoms with Gasteiger partial charge < -0.3 is 20.2 Å². The van der Waals surface area contributed by atoms with Crippen molar-refractivity contribution < 1.29 is 14.3 Å². The summed E-state index contributed by atoms with van der Waals surface area (Å²) in [6.45, 7) is 7.30. The van der Waals surface area contributed by atoms with E-state index in [1.54, 1.807) is 18.3 Å². The van der Waals surface area contributed by atoms with Crippen LogP contribution in [0.15, 0.2) is 36.5 Å². The fourth-order valence-corrected chi connectivity index (χ4v) is 4.57. The highest BCUT2D eigenvalue weighted by molar-refractivity contribution is 5.94. The minimum atomic E-state index is -0.279. The summed E-state index contributed by atoms with van der Waals surface area (Å²) >= 11 is 0. The molecule has 0 saturated carbocycles. The summed E-state index contributed by atoms with van der Waals surface area (Å²) in [7, 11) is 0. The molecule has 0 spiro atoms. The molecular weight excluding hydrogens is 407 g/mol. The van der Waals surface area contributed by atoms with Gasteiger partial charge in [0.15, 0.2) is 0 Å². The Kier molecular flexibility index (Phi) is 6.94. The minimum Gasteiger partial charge on any atom is -0.393 e. The summed E-state index contributed by atoms with van der Waals surface area (Å²) in [6.07, 6.45) is 4.87. The van der Waals surface area contributed by atoms with Crippen LogP contribution >= 0.6 is 0 Å². The van der Waals surface area contributed by atoms with Crippen LogP contribution < -0.4 is 10.2 Å². The molecule has 2 saturated heterocycles. The fourth-order valence-electron chi connectivity index (χ4n) is 4.57. The van der Waals surface area contributed by atoms with Gasteiger partial charge in [-0.2, -0.15) is 0 Å². The molecule has 172 valence electrons. The number of hydrogen-bond acceptors (Lipinski definition) is 5. The highest BCUT2D eigenvalue weighted by Crippen LogP contribution is 2.31. The standard InChI is InChI=1S/C25H33FN4O2/c1-17-7-11-30(12-8-17)25(32)19-3-6-24(27-16-19)28-18(2)22-15-20(26)4-5-23(22)29-13-9-21(31)10-14-29/h3-6,15-18,21,31H,7-14H2,1-2H3,(H,27,28). The number of aliphatic hydroxyl groups excluding tert-OH is 1. The van der Waals surface area contributed by atoms with Crippen LogP contribution in [0.3, 0.4) is 0 Å². The molecule has 2 aliphatic heterocycles. The molecule has 2 aliphatic rings. The number of aromatic nitrogens is 1. The maximum absolute atomic E-state index is 14.1. The molecular formula is C25H33FN4O2. The molecule has 2 aromatic rings. The Hall–Kier alpha value is -2.67. The van der Waals surface area contributed by atoms with Crippen LogP contribution in [0.2, 0.25) is 0 Å². The Balaban J connectivity index is 1.44. The van der Waals surface area contributed by atoms with E-state index < -0.39 is 0 Å². The van der Waals surface area contributed by atoms with Crippen molar-refractivity contribution in [1.82, 2.24) is 9.88 Å². The molecule has 1 aromatic carbocycles. The van der Waals surface area contributed by atoms with E-state index >= 15 is 0 Å². The first-order valence-electron chi connectivity index (χ1n) is 11.6. The zero-order valence-electron chi connectivity index (χ0n) is 18.9. The van der Waals surface area contributed by atoms with Crippen LogP contribution in [0.4, 0.5) is 15.9 Å². The Morgan fingerprint density at radius 1 is 1.12 bits per heavy atom. The average molecular weight is 441 g/mol. The molecule has 32 heavy (non-hydrogen) atoms. The smallest absolute Gasteiger partial charge is 0.255 e.